The summed E-state index contributed by atoms with van der Waals surface area (Å²) in [5.74, 6) is 0.240. The summed E-state index contributed by atoms with van der Waals surface area (Å²) in [5.41, 5.74) is 11.5. The van der Waals surface area contributed by atoms with Crippen LogP contribution in [0.5, 0.6) is 5.75 Å². The van der Waals surface area contributed by atoms with Crippen LogP contribution >= 0.6 is 12.4 Å². The van der Waals surface area contributed by atoms with E-state index in [9.17, 15) is 9.59 Å². The second-order valence-electron chi connectivity index (χ2n) is 8.71. The average Bonchev–Trinajstić information content (AvgIpc) is 3.10. The molecule has 0 unspecified atom stereocenters. The number of hydrogen-bond acceptors (Lipinski definition) is 4. The molecule has 192 valence electrons. The molecule has 0 aliphatic carbocycles. The lowest BCUT2D eigenvalue weighted by molar-refractivity contribution is -0.115. The highest BCUT2D eigenvalue weighted by molar-refractivity contribution is 5.96. The summed E-state index contributed by atoms with van der Waals surface area (Å²) in [6, 6.07) is 20.3. The molecule has 1 aromatic heterocycles. The molecule has 1 heterocycles. The van der Waals surface area contributed by atoms with Crippen molar-refractivity contribution in [2.45, 2.75) is 33.8 Å². The Hall–Kier alpha value is -4.30. The van der Waals surface area contributed by atoms with Crippen LogP contribution in [0.15, 0.2) is 71.5 Å². The summed E-state index contributed by atoms with van der Waals surface area (Å²) < 4.78 is 7.62. The Morgan fingerprint density at radius 3 is 2.41 bits per heavy atom. The van der Waals surface area contributed by atoms with E-state index in [1.54, 1.807) is 28.8 Å². The van der Waals surface area contributed by atoms with Gasteiger partial charge >= 0.3 is 5.69 Å². The number of benzene rings is 3. The van der Waals surface area contributed by atoms with Crippen LogP contribution in [-0.4, -0.2) is 21.3 Å². The SMILES string of the molecule is Cc1cc(NC(=O)Cc2cc(C(=N)N)ccc2OCc2ccccc2)ccc1-n1c(C)c(C)[nH]c1=O.Cl. The van der Waals surface area contributed by atoms with Crippen molar-refractivity contribution in [2.75, 3.05) is 5.32 Å². The van der Waals surface area contributed by atoms with Gasteiger partial charge in [-0.1, -0.05) is 30.3 Å². The first-order chi connectivity index (χ1) is 17.2. The van der Waals surface area contributed by atoms with Gasteiger partial charge in [0.15, 0.2) is 0 Å². The number of ether oxygens (including phenoxy) is 1. The van der Waals surface area contributed by atoms with Crippen LogP contribution < -0.4 is 21.5 Å². The number of carbonyl (C=O) groups excluding carboxylic acids is 1. The maximum atomic E-state index is 13.0. The Labute approximate surface area is 221 Å². The summed E-state index contributed by atoms with van der Waals surface area (Å²) in [6.45, 7) is 5.99. The smallest absolute Gasteiger partial charge is 0.330 e. The molecule has 3 aromatic carbocycles. The largest absolute Gasteiger partial charge is 0.489 e. The van der Waals surface area contributed by atoms with Gasteiger partial charge in [0.1, 0.15) is 18.2 Å². The first-order valence-corrected chi connectivity index (χ1v) is 11.6. The van der Waals surface area contributed by atoms with Crippen molar-refractivity contribution in [1.29, 1.82) is 5.41 Å². The van der Waals surface area contributed by atoms with E-state index in [-0.39, 0.29) is 36.3 Å². The number of anilines is 1. The number of H-pyrrole nitrogens is 1. The molecule has 4 rings (SSSR count). The van der Waals surface area contributed by atoms with Crippen LogP contribution in [0, 0.1) is 26.2 Å². The Morgan fingerprint density at radius 1 is 1.05 bits per heavy atom. The molecule has 8 nitrogen and oxygen atoms in total. The number of aromatic nitrogens is 2. The van der Waals surface area contributed by atoms with E-state index in [4.69, 9.17) is 15.9 Å². The molecule has 0 saturated heterocycles. The first-order valence-electron chi connectivity index (χ1n) is 11.6. The number of halogens is 1. The highest BCUT2D eigenvalue weighted by atomic mass is 35.5. The Bertz CT molecular complexity index is 1490. The van der Waals surface area contributed by atoms with E-state index in [0.29, 0.717) is 29.2 Å². The van der Waals surface area contributed by atoms with Crippen molar-refractivity contribution in [3.8, 4) is 11.4 Å². The highest BCUT2D eigenvalue weighted by Gasteiger charge is 2.14. The number of rotatable bonds is 8. The standard InChI is InChI=1S/C28H29N5O3.ClH/c1-17-13-23(10-11-24(17)33-19(3)18(2)31-28(33)35)32-26(34)15-22-14-21(27(29)30)9-12-25(22)36-16-20-7-5-4-6-8-20;/h4-14H,15-16H2,1-3H3,(H3,29,30)(H,31,35)(H,32,34);1H. The summed E-state index contributed by atoms with van der Waals surface area (Å²) in [7, 11) is 0. The van der Waals surface area contributed by atoms with Gasteiger partial charge in [0.2, 0.25) is 5.91 Å². The van der Waals surface area contributed by atoms with Gasteiger partial charge in [-0.05, 0) is 68.3 Å². The third-order valence-electron chi connectivity index (χ3n) is 6.06. The normalized spacial score (nSPS) is 10.5. The number of amidine groups is 1. The lowest BCUT2D eigenvalue weighted by Crippen LogP contribution is -2.18. The van der Waals surface area contributed by atoms with Crippen molar-refractivity contribution in [1.82, 2.24) is 9.55 Å². The Morgan fingerprint density at radius 2 is 1.78 bits per heavy atom. The predicted molar refractivity (Wildman–Crippen MR) is 148 cm³/mol. The molecule has 5 N–H and O–H groups in total. The zero-order valence-corrected chi connectivity index (χ0v) is 21.7. The highest BCUT2D eigenvalue weighted by Crippen LogP contribution is 2.24. The van der Waals surface area contributed by atoms with Crippen molar-refractivity contribution >= 4 is 29.8 Å². The summed E-state index contributed by atoms with van der Waals surface area (Å²) in [5, 5.41) is 10.7. The van der Waals surface area contributed by atoms with E-state index in [1.165, 1.54) is 0 Å². The maximum absolute atomic E-state index is 13.0. The van der Waals surface area contributed by atoms with E-state index in [0.717, 1.165) is 28.2 Å². The van der Waals surface area contributed by atoms with Crippen molar-refractivity contribution in [3.63, 3.8) is 0 Å². The van der Waals surface area contributed by atoms with Crippen LogP contribution in [0.1, 0.15) is 33.6 Å². The van der Waals surface area contributed by atoms with E-state index in [1.807, 2.05) is 63.2 Å². The van der Waals surface area contributed by atoms with Gasteiger partial charge < -0.3 is 20.8 Å². The number of aryl methyl sites for hydroxylation is 2. The molecule has 0 aliphatic rings. The third-order valence-corrected chi connectivity index (χ3v) is 6.06. The number of aromatic amines is 1. The number of nitrogen functional groups attached to an aromatic ring is 1. The minimum Gasteiger partial charge on any atom is -0.489 e. The molecule has 0 spiro atoms. The lowest BCUT2D eigenvalue weighted by atomic mass is 10.1. The maximum Gasteiger partial charge on any atom is 0.330 e. The molecule has 0 aliphatic heterocycles. The lowest BCUT2D eigenvalue weighted by Gasteiger charge is -2.14. The predicted octanol–water partition coefficient (Wildman–Crippen LogP) is 4.56. The Balaban J connectivity index is 0.00000380. The molecule has 0 bridgehead atoms. The van der Waals surface area contributed by atoms with E-state index < -0.39 is 0 Å². The van der Waals surface area contributed by atoms with Crippen molar-refractivity contribution in [2.24, 2.45) is 5.73 Å². The average molecular weight is 520 g/mol. The molecular weight excluding hydrogens is 490 g/mol. The minimum absolute atomic E-state index is 0. The van der Waals surface area contributed by atoms with E-state index >= 15 is 0 Å². The van der Waals surface area contributed by atoms with Gasteiger partial charge in [-0.2, -0.15) is 0 Å². The fourth-order valence-electron chi connectivity index (χ4n) is 4.04. The number of amides is 1. The summed E-state index contributed by atoms with van der Waals surface area (Å²) in [4.78, 5) is 28.1. The van der Waals surface area contributed by atoms with Gasteiger partial charge in [0.25, 0.3) is 0 Å². The van der Waals surface area contributed by atoms with E-state index in [2.05, 4.69) is 10.3 Å². The fourth-order valence-corrected chi connectivity index (χ4v) is 4.04. The number of nitrogens with zero attached hydrogens (tertiary/aromatic N) is 1. The van der Waals surface area contributed by atoms with Gasteiger partial charge in [-0.3, -0.25) is 14.8 Å². The third kappa shape index (κ3) is 6.29. The minimum atomic E-state index is -0.238. The van der Waals surface area contributed by atoms with Crippen LogP contribution in [0.4, 0.5) is 5.69 Å². The van der Waals surface area contributed by atoms with Crippen LogP contribution in [0.2, 0.25) is 0 Å². The molecule has 1 amide bonds. The van der Waals surface area contributed by atoms with Gasteiger partial charge in [0.05, 0.1) is 12.1 Å². The molecule has 37 heavy (non-hydrogen) atoms. The number of nitrogens with two attached hydrogens (primary N) is 1. The first kappa shape index (κ1) is 27.3. The topological polar surface area (TPSA) is 126 Å². The number of hydrogen-bond donors (Lipinski definition) is 4. The fraction of sp³-hybridized carbons (Fsp3) is 0.179. The molecule has 0 fully saturated rings. The second-order valence-corrected chi connectivity index (χ2v) is 8.71. The monoisotopic (exact) mass is 519 g/mol. The quantitative estimate of drug-likeness (QED) is 0.201. The zero-order chi connectivity index (χ0) is 25.8. The number of nitrogens with one attached hydrogen (secondary N) is 3. The van der Waals surface area contributed by atoms with Gasteiger partial charge in [-0.15, -0.1) is 12.4 Å². The van der Waals surface area contributed by atoms with Crippen molar-refractivity contribution in [3.05, 3.63) is 111 Å². The number of imidazole rings is 1. The van der Waals surface area contributed by atoms with Crippen LogP contribution in [0.3, 0.4) is 0 Å². The zero-order valence-electron chi connectivity index (χ0n) is 20.9. The van der Waals surface area contributed by atoms with Gasteiger partial charge in [-0.25, -0.2) is 4.79 Å². The molecule has 0 saturated carbocycles. The molecule has 4 aromatic rings. The molecule has 9 heteroatoms. The Kier molecular flexibility index (Phi) is 8.57. The van der Waals surface area contributed by atoms with Crippen LogP contribution in [0.25, 0.3) is 5.69 Å². The summed E-state index contributed by atoms with van der Waals surface area (Å²) in [6.07, 6.45) is 0.0433. The molecule has 0 atom stereocenters. The van der Waals surface area contributed by atoms with Crippen molar-refractivity contribution < 1.29 is 9.53 Å². The van der Waals surface area contributed by atoms with Gasteiger partial charge in [0, 0.05) is 28.2 Å². The summed E-state index contributed by atoms with van der Waals surface area (Å²) >= 11 is 0. The van der Waals surface area contributed by atoms with Crippen LogP contribution in [-0.2, 0) is 17.8 Å². The second kappa shape index (κ2) is 11.6. The molecular formula is C28H30ClN5O3. The molecule has 0 radical (unpaired) electrons. The number of carbonyl (C=O) groups is 1.